The fraction of sp³-hybridized carbons (Fsp3) is 0.571. The number of hydrogen-bond acceptors (Lipinski definition) is 2. The Morgan fingerprint density at radius 2 is 1.95 bits per heavy atom. The number of aliphatic hydroxyl groups excluding tert-OH is 1. The summed E-state index contributed by atoms with van der Waals surface area (Å²) >= 11 is 0. The van der Waals surface area contributed by atoms with Crippen molar-refractivity contribution >= 4 is 11.0 Å². The summed E-state index contributed by atoms with van der Waals surface area (Å²) in [6.07, 6.45) is 0. The fourth-order valence-corrected chi connectivity index (χ4v) is 2.34. The summed E-state index contributed by atoms with van der Waals surface area (Å²) in [5.41, 5.74) is 0.362. The topological polar surface area (TPSA) is 49.3 Å². The van der Waals surface area contributed by atoms with E-state index in [1.807, 2.05) is 20.8 Å². The molecule has 0 saturated carbocycles. The van der Waals surface area contributed by atoms with Gasteiger partial charge in [0.2, 0.25) is 0 Å². The van der Waals surface area contributed by atoms with Gasteiger partial charge in [0.1, 0.15) is 6.61 Å². The minimum Gasteiger partial charge on any atom is -0.390 e. The largest absolute Gasteiger partial charge is 0.390 e. The van der Waals surface area contributed by atoms with Crippen molar-refractivity contribution in [2.45, 2.75) is 44.4 Å². The van der Waals surface area contributed by atoms with Crippen LogP contribution in [0, 0.1) is 0 Å². The maximum absolute atomic E-state index is 13.4. The second-order valence-electron chi connectivity index (χ2n) is 5.71. The molecule has 0 radical (unpaired) electrons. The zero-order chi connectivity index (χ0) is 15.6. The zero-order valence-electron chi connectivity index (χ0n) is 12.1. The highest BCUT2D eigenvalue weighted by molar-refractivity contribution is 7.84. The van der Waals surface area contributed by atoms with Crippen LogP contribution < -0.4 is 4.72 Å². The number of nitrogens with one attached hydrogen (secondary N) is 1. The van der Waals surface area contributed by atoms with Gasteiger partial charge in [0.25, 0.3) is 5.92 Å². The van der Waals surface area contributed by atoms with Gasteiger partial charge in [-0.05, 0) is 39.3 Å². The Labute approximate surface area is 121 Å². The lowest BCUT2D eigenvalue weighted by molar-refractivity contribution is -0.0556. The van der Waals surface area contributed by atoms with E-state index in [-0.39, 0.29) is 11.6 Å². The molecule has 0 amide bonds. The Kier molecular flexibility index (Phi) is 5.40. The van der Waals surface area contributed by atoms with Crippen LogP contribution in [0.4, 0.5) is 8.78 Å². The van der Waals surface area contributed by atoms with Gasteiger partial charge >= 0.3 is 0 Å². The fourth-order valence-electron chi connectivity index (χ4n) is 1.53. The summed E-state index contributed by atoms with van der Waals surface area (Å²) in [5, 5.41) is 8.71. The molecule has 0 spiro atoms. The van der Waals surface area contributed by atoms with Crippen molar-refractivity contribution in [3.05, 3.63) is 35.4 Å². The molecule has 0 aromatic heterocycles. The van der Waals surface area contributed by atoms with Crippen LogP contribution in [0.25, 0.3) is 0 Å². The smallest absolute Gasteiger partial charge is 0.295 e. The van der Waals surface area contributed by atoms with Crippen molar-refractivity contribution in [2.24, 2.45) is 0 Å². The van der Waals surface area contributed by atoms with Gasteiger partial charge < -0.3 is 5.11 Å². The van der Waals surface area contributed by atoms with E-state index in [9.17, 15) is 13.0 Å². The standard InChI is InChI=1S/C14H21F2NO2S/c1-10(17-20(19)13(2,3)4)11-6-5-7-12(8-11)14(15,16)9-18/h5-8,10,17-18H,9H2,1-4H3/t10-,20+/m0/s1. The molecule has 0 saturated heterocycles. The van der Waals surface area contributed by atoms with E-state index in [1.54, 1.807) is 13.0 Å². The molecule has 0 aliphatic heterocycles. The minimum absolute atomic E-state index is 0.243. The van der Waals surface area contributed by atoms with Gasteiger partial charge in [-0.3, -0.25) is 0 Å². The molecule has 1 aromatic carbocycles. The van der Waals surface area contributed by atoms with Crippen molar-refractivity contribution in [3.8, 4) is 0 Å². The van der Waals surface area contributed by atoms with Crippen molar-refractivity contribution in [1.29, 1.82) is 0 Å². The molecule has 1 rings (SSSR count). The Morgan fingerprint density at radius 1 is 1.35 bits per heavy atom. The molecule has 0 unspecified atom stereocenters. The number of rotatable bonds is 5. The highest BCUT2D eigenvalue weighted by Gasteiger charge is 2.31. The van der Waals surface area contributed by atoms with Crippen LogP contribution >= 0.6 is 0 Å². The molecular formula is C14H21F2NO2S. The third-order valence-electron chi connectivity index (χ3n) is 2.85. The normalized spacial score (nSPS) is 15.9. The van der Waals surface area contributed by atoms with Crippen LogP contribution in [0.2, 0.25) is 0 Å². The summed E-state index contributed by atoms with van der Waals surface area (Å²) in [7, 11) is -1.28. The lowest BCUT2D eigenvalue weighted by atomic mass is 10.0. The van der Waals surface area contributed by atoms with Gasteiger partial charge in [0.15, 0.2) is 0 Å². The average Bonchev–Trinajstić information content (AvgIpc) is 2.37. The van der Waals surface area contributed by atoms with Crippen LogP contribution in [0.15, 0.2) is 24.3 Å². The molecule has 0 aliphatic rings. The third-order valence-corrected chi connectivity index (χ3v) is 4.53. The molecule has 6 heteroatoms. The van der Waals surface area contributed by atoms with Gasteiger partial charge in [-0.25, -0.2) is 8.93 Å². The first kappa shape index (κ1) is 17.2. The maximum Gasteiger partial charge on any atom is 0.295 e. The molecule has 2 atom stereocenters. The molecule has 20 heavy (non-hydrogen) atoms. The first-order chi connectivity index (χ1) is 9.08. The summed E-state index contributed by atoms with van der Waals surface area (Å²) in [6.45, 7) is 6.03. The van der Waals surface area contributed by atoms with E-state index in [1.165, 1.54) is 18.2 Å². The molecule has 0 fully saturated rings. The van der Waals surface area contributed by atoms with Gasteiger partial charge in [-0.1, -0.05) is 18.2 Å². The molecule has 0 heterocycles. The van der Waals surface area contributed by atoms with Crippen molar-refractivity contribution < 1.29 is 18.1 Å². The van der Waals surface area contributed by atoms with Crippen molar-refractivity contribution in [1.82, 2.24) is 4.72 Å². The Morgan fingerprint density at radius 3 is 2.45 bits per heavy atom. The zero-order valence-corrected chi connectivity index (χ0v) is 12.9. The Bertz CT molecular complexity index is 486. The Balaban J connectivity index is 2.93. The number of aliphatic hydroxyl groups is 1. The van der Waals surface area contributed by atoms with E-state index in [0.717, 1.165) is 0 Å². The van der Waals surface area contributed by atoms with Crippen molar-refractivity contribution in [3.63, 3.8) is 0 Å². The first-order valence-corrected chi connectivity index (χ1v) is 7.50. The van der Waals surface area contributed by atoms with E-state index >= 15 is 0 Å². The molecule has 1 aromatic rings. The second-order valence-corrected chi connectivity index (χ2v) is 7.71. The lowest BCUT2D eigenvalue weighted by Crippen LogP contribution is -2.34. The highest BCUT2D eigenvalue weighted by atomic mass is 32.2. The van der Waals surface area contributed by atoms with Crippen molar-refractivity contribution in [2.75, 3.05) is 6.61 Å². The summed E-state index contributed by atoms with van der Waals surface area (Å²) in [4.78, 5) is 0. The maximum atomic E-state index is 13.4. The first-order valence-electron chi connectivity index (χ1n) is 6.35. The van der Waals surface area contributed by atoms with Gasteiger partial charge in [0, 0.05) is 11.6 Å². The predicted octanol–water partition coefficient (Wildman–Crippen LogP) is 2.88. The summed E-state index contributed by atoms with van der Waals surface area (Å²) in [5.74, 6) is -3.26. The van der Waals surface area contributed by atoms with Gasteiger partial charge in [-0.15, -0.1) is 0 Å². The Hall–Kier alpha value is -0.850. The molecule has 2 N–H and O–H groups in total. The summed E-state index contributed by atoms with van der Waals surface area (Å²) < 4.78 is 41.4. The highest BCUT2D eigenvalue weighted by Crippen LogP contribution is 2.29. The average molecular weight is 305 g/mol. The molecule has 0 aliphatic carbocycles. The van der Waals surface area contributed by atoms with E-state index in [4.69, 9.17) is 5.11 Å². The number of hydrogen-bond donors (Lipinski definition) is 2. The van der Waals surface area contributed by atoms with E-state index in [2.05, 4.69) is 4.72 Å². The predicted molar refractivity (Wildman–Crippen MR) is 76.9 cm³/mol. The molecule has 0 bridgehead atoms. The van der Waals surface area contributed by atoms with Crippen LogP contribution in [0.1, 0.15) is 44.9 Å². The van der Waals surface area contributed by atoms with Crippen LogP contribution in [-0.2, 0) is 16.9 Å². The molecule has 114 valence electrons. The molecular weight excluding hydrogens is 284 g/mol. The lowest BCUT2D eigenvalue weighted by Gasteiger charge is -2.23. The number of halogens is 2. The SMILES string of the molecule is C[C@H](N[S@](=O)C(C)(C)C)c1cccc(C(F)(F)CO)c1. The van der Waals surface area contributed by atoms with Crippen LogP contribution in [0.3, 0.4) is 0 Å². The number of alkyl halides is 2. The summed E-state index contributed by atoms with van der Waals surface area (Å²) in [6, 6.07) is 5.46. The quantitative estimate of drug-likeness (QED) is 0.879. The second kappa shape index (κ2) is 6.28. The molecule has 3 nitrogen and oxygen atoms in total. The van der Waals surface area contributed by atoms with E-state index in [0.29, 0.717) is 5.56 Å². The van der Waals surface area contributed by atoms with Crippen LogP contribution in [-0.4, -0.2) is 20.7 Å². The minimum atomic E-state index is -3.26. The number of benzene rings is 1. The van der Waals surface area contributed by atoms with Gasteiger partial charge in [-0.2, -0.15) is 8.78 Å². The van der Waals surface area contributed by atoms with E-state index < -0.39 is 28.3 Å². The monoisotopic (exact) mass is 305 g/mol. The van der Waals surface area contributed by atoms with Crippen LogP contribution in [0.5, 0.6) is 0 Å². The third kappa shape index (κ3) is 4.33. The van der Waals surface area contributed by atoms with Gasteiger partial charge in [0.05, 0.1) is 15.7 Å².